The van der Waals surface area contributed by atoms with Crippen LogP contribution in [0.25, 0.3) is 11.4 Å². The fourth-order valence-corrected chi connectivity index (χ4v) is 4.54. The van der Waals surface area contributed by atoms with E-state index in [9.17, 15) is 24.7 Å². The van der Waals surface area contributed by atoms with E-state index in [1.165, 1.54) is 6.33 Å². The van der Waals surface area contributed by atoms with Crippen LogP contribution in [-0.2, 0) is 0 Å². The number of β-amino-alcohol motifs (C(OH)–C–C–N with tert-alkyl or cyclic N) is 1. The summed E-state index contributed by atoms with van der Waals surface area (Å²) in [5.74, 6) is 0.839. The number of nitrogens with zero attached hydrogens (tertiary/aromatic N) is 6. The van der Waals surface area contributed by atoms with Gasteiger partial charge in [0.2, 0.25) is 5.95 Å². The number of aromatic nitrogens is 3. The number of ether oxygens (including phenoxy) is 1. The van der Waals surface area contributed by atoms with Crippen LogP contribution in [0.3, 0.4) is 0 Å². The van der Waals surface area contributed by atoms with Gasteiger partial charge in [-0.25, -0.2) is 14.4 Å². The fourth-order valence-electron chi connectivity index (χ4n) is 4.54. The first kappa shape index (κ1) is 25.2. The number of nitriles is 1. The summed E-state index contributed by atoms with van der Waals surface area (Å²) in [5.41, 5.74) is 1.84. The molecule has 2 saturated heterocycles. The Kier molecular flexibility index (Phi) is 6.69. The standard InChI is InChI=1S/C26H26FN7O4/c1-26(37)13-34(14-26)19-5-3-18(4-6-19)31-24-30-15-29-23(32-24)16-2-7-21(17(10-16)11-28)38-22-8-9-33(25(35)36)12-20(22)27/h2-7,10,15,20,22,37H,8-9,12-14H2,1H3,(H,35,36)(H,29,30,31,32)/p-1. The molecule has 0 radical (unpaired) electrons. The second-order valence-corrected chi connectivity index (χ2v) is 9.65. The van der Waals surface area contributed by atoms with Gasteiger partial charge < -0.3 is 34.9 Å². The lowest BCUT2D eigenvalue weighted by molar-refractivity contribution is -0.268. The fraction of sp³-hybridized carbons (Fsp3) is 0.346. The number of hydrogen-bond acceptors (Lipinski definition) is 10. The van der Waals surface area contributed by atoms with Crippen molar-refractivity contribution in [3.05, 3.63) is 54.4 Å². The Hall–Kier alpha value is -4.50. The molecular formula is C26H25FN7O4-. The number of anilines is 3. The van der Waals surface area contributed by atoms with Crippen molar-refractivity contribution in [2.75, 3.05) is 36.4 Å². The Bertz CT molecular complexity index is 1370. The van der Waals surface area contributed by atoms with Crippen molar-refractivity contribution in [1.82, 2.24) is 19.9 Å². The Labute approximate surface area is 218 Å². The monoisotopic (exact) mass is 518 g/mol. The maximum absolute atomic E-state index is 14.5. The molecule has 1 amide bonds. The molecule has 2 atom stereocenters. The summed E-state index contributed by atoms with van der Waals surface area (Å²) in [6.45, 7) is 2.73. The van der Waals surface area contributed by atoms with Gasteiger partial charge in [0.1, 0.15) is 30.3 Å². The van der Waals surface area contributed by atoms with Crippen LogP contribution in [-0.4, -0.2) is 75.1 Å². The van der Waals surface area contributed by atoms with E-state index < -0.39 is 24.0 Å². The molecule has 196 valence electrons. The van der Waals surface area contributed by atoms with E-state index in [-0.39, 0.29) is 30.8 Å². The van der Waals surface area contributed by atoms with Crippen LogP contribution in [0.5, 0.6) is 5.75 Å². The number of amides is 1. The van der Waals surface area contributed by atoms with Gasteiger partial charge in [-0.3, -0.25) is 0 Å². The number of rotatable bonds is 6. The number of halogens is 1. The highest BCUT2D eigenvalue weighted by Gasteiger charge is 2.36. The number of nitrogens with one attached hydrogen (secondary N) is 1. The molecule has 0 saturated carbocycles. The lowest BCUT2D eigenvalue weighted by Crippen LogP contribution is -2.60. The zero-order valence-electron chi connectivity index (χ0n) is 20.5. The Morgan fingerprint density at radius 2 is 2.03 bits per heavy atom. The zero-order valence-corrected chi connectivity index (χ0v) is 20.5. The van der Waals surface area contributed by atoms with E-state index in [4.69, 9.17) is 4.74 Å². The van der Waals surface area contributed by atoms with Crippen molar-refractivity contribution in [1.29, 1.82) is 5.26 Å². The molecule has 2 aliphatic rings. The van der Waals surface area contributed by atoms with Crippen molar-refractivity contribution < 1.29 is 24.1 Å². The number of hydrogen-bond donors (Lipinski definition) is 2. The molecule has 2 aliphatic heterocycles. The molecule has 0 aliphatic carbocycles. The Balaban J connectivity index is 1.26. The topological polar surface area (TPSA) is 151 Å². The molecule has 2 unspecified atom stereocenters. The van der Waals surface area contributed by atoms with Crippen molar-refractivity contribution in [2.24, 2.45) is 0 Å². The molecule has 3 heterocycles. The third kappa shape index (κ3) is 5.42. The van der Waals surface area contributed by atoms with E-state index in [1.54, 1.807) is 18.2 Å². The predicted molar refractivity (Wildman–Crippen MR) is 133 cm³/mol. The largest absolute Gasteiger partial charge is 0.530 e. The number of aliphatic hydroxyl groups is 1. The Morgan fingerprint density at radius 1 is 1.26 bits per heavy atom. The highest BCUT2D eigenvalue weighted by Crippen LogP contribution is 2.30. The second-order valence-electron chi connectivity index (χ2n) is 9.65. The van der Waals surface area contributed by atoms with Gasteiger partial charge in [-0.2, -0.15) is 10.2 Å². The summed E-state index contributed by atoms with van der Waals surface area (Å²) in [4.78, 5) is 26.8. The summed E-state index contributed by atoms with van der Waals surface area (Å²) in [6, 6.07) is 14.5. The molecule has 0 bridgehead atoms. The van der Waals surface area contributed by atoms with Crippen LogP contribution in [0.4, 0.5) is 26.5 Å². The lowest BCUT2D eigenvalue weighted by Gasteiger charge is -2.45. The molecule has 0 spiro atoms. The minimum atomic E-state index is -1.54. The van der Waals surface area contributed by atoms with Crippen molar-refractivity contribution in [2.45, 2.75) is 31.2 Å². The summed E-state index contributed by atoms with van der Waals surface area (Å²) < 4.78 is 20.2. The summed E-state index contributed by atoms with van der Waals surface area (Å²) in [7, 11) is 0. The first-order chi connectivity index (χ1) is 18.2. The van der Waals surface area contributed by atoms with E-state index in [2.05, 4.69) is 31.2 Å². The zero-order chi connectivity index (χ0) is 26.9. The van der Waals surface area contributed by atoms with E-state index in [0.717, 1.165) is 16.3 Å². The lowest BCUT2D eigenvalue weighted by atomic mass is 9.96. The van der Waals surface area contributed by atoms with Crippen molar-refractivity contribution in [3.8, 4) is 23.2 Å². The predicted octanol–water partition coefficient (Wildman–Crippen LogP) is 1.86. The summed E-state index contributed by atoms with van der Waals surface area (Å²) in [5, 5.41) is 33.7. The highest BCUT2D eigenvalue weighted by molar-refractivity contribution is 5.65. The average molecular weight is 519 g/mol. The number of carbonyl (C=O) groups is 1. The normalized spacial score (nSPS) is 20.3. The molecule has 1 aromatic heterocycles. The third-order valence-electron chi connectivity index (χ3n) is 6.50. The van der Waals surface area contributed by atoms with Gasteiger partial charge >= 0.3 is 0 Å². The van der Waals surface area contributed by atoms with Crippen LogP contribution in [0.15, 0.2) is 48.8 Å². The first-order valence-corrected chi connectivity index (χ1v) is 12.1. The molecule has 3 aromatic rings. The second kappa shape index (κ2) is 10.1. The van der Waals surface area contributed by atoms with Crippen LogP contribution < -0.4 is 20.1 Å². The Morgan fingerprint density at radius 3 is 2.68 bits per heavy atom. The number of benzene rings is 2. The molecule has 11 nitrogen and oxygen atoms in total. The van der Waals surface area contributed by atoms with E-state index in [1.807, 2.05) is 31.2 Å². The molecule has 2 N–H and O–H groups in total. The van der Waals surface area contributed by atoms with Gasteiger partial charge in [-0.05, 0) is 49.4 Å². The van der Waals surface area contributed by atoms with Gasteiger partial charge in [0.05, 0.1) is 17.7 Å². The molecule has 38 heavy (non-hydrogen) atoms. The quantitative estimate of drug-likeness (QED) is 0.495. The van der Waals surface area contributed by atoms with Gasteiger partial charge in [-0.1, -0.05) is 0 Å². The minimum Gasteiger partial charge on any atom is -0.530 e. The summed E-state index contributed by atoms with van der Waals surface area (Å²) in [6.07, 6.45) is -2.34. The number of carboxylic acid groups (broad SMARTS) is 1. The van der Waals surface area contributed by atoms with Gasteiger partial charge in [0.25, 0.3) is 0 Å². The third-order valence-corrected chi connectivity index (χ3v) is 6.50. The smallest absolute Gasteiger partial charge is 0.230 e. The van der Waals surface area contributed by atoms with Crippen LogP contribution in [0.1, 0.15) is 18.9 Å². The number of alkyl halides is 1. The molecule has 12 heteroatoms. The molecule has 2 aromatic carbocycles. The molecule has 2 fully saturated rings. The van der Waals surface area contributed by atoms with Crippen LogP contribution >= 0.6 is 0 Å². The maximum Gasteiger partial charge on any atom is 0.230 e. The average Bonchev–Trinajstić information content (AvgIpc) is 2.89. The van der Waals surface area contributed by atoms with Crippen LogP contribution in [0.2, 0.25) is 0 Å². The van der Waals surface area contributed by atoms with E-state index >= 15 is 0 Å². The van der Waals surface area contributed by atoms with Gasteiger partial charge in [0.15, 0.2) is 12.0 Å². The first-order valence-electron chi connectivity index (χ1n) is 12.1. The molecular weight excluding hydrogens is 493 g/mol. The van der Waals surface area contributed by atoms with Crippen molar-refractivity contribution >= 4 is 23.4 Å². The van der Waals surface area contributed by atoms with Crippen LogP contribution in [0, 0.1) is 11.3 Å². The van der Waals surface area contributed by atoms with Crippen molar-refractivity contribution in [3.63, 3.8) is 0 Å². The summed E-state index contributed by atoms with van der Waals surface area (Å²) >= 11 is 0. The minimum absolute atomic E-state index is 0.0943. The highest BCUT2D eigenvalue weighted by atomic mass is 19.1. The number of piperidine rings is 1. The molecule has 5 rings (SSSR count). The van der Waals surface area contributed by atoms with E-state index in [0.29, 0.717) is 30.4 Å². The SMILES string of the molecule is CC1(O)CN(c2ccc(Nc3ncnc(-c4ccc(OC5CCN(C(=O)[O-])CC5F)c(C#N)c4)n3)cc2)C1. The number of carbonyl (C=O) groups excluding carboxylic acids is 1. The van der Waals surface area contributed by atoms with Gasteiger partial charge in [0, 0.05) is 43.0 Å². The van der Waals surface area contributed by atoms with Gasteiger partial charge in [-0.15, -0.1) is 0 Å². The number of likely N-dealkylation sites (tertiary alicyclic amines) is 1. The maximum atomic E-state index is 14.5.